The first kappa shape index (κ1) is 11.3. The van der Waals surface area contributed by atoms with Crippen molar-refractivity contribution in [3.05, 3.63) is 40.2 Å². The maximum Gasteiger partial charge on any atom is 0.123 e. The van der Waals surface area contributed by atoms with Crippen molar-refractivity contribution in [3.63, 3.8) is 0 Å². The summed E-state index contributed by atoms with van der Waals surface area (Å²) in [4.78, 5) is 0. The predicted molar refractivity (Wildman–Crippen MR) is 64.2 cm³/mol. The summed E-state index contributed by atoms with van der Waals surface area (Å²) in [6.45, 7) is 0.388. The van der Waals surface area contributed by atoms with Gasteiger partial charge < -0.3 is 5.73 Å². The second-order valence-corrected chi connectivity index (χ2v) is 4.24. The first-order valence-electron chi connectivity index (χ1n) is 4.81. The third-order valence-corrected chi connectivity index (χ3v) is 3.23. The molecule has 5 heteroatoms. The Hall–Kier alpha value is -1.20. The van der Waals surface area contributed by atoms with Crippen LogP contribution in [0, 0.1) is 5.82 Å². The molecular weight excluding hydrogens is 273 g/mol. The van der Waals surface area contributed by atoms with Crippen molar-refractivity contribution < 1.29 is 4.39 Å². The molecule has 0 fully saturated rings. The number of nitrogens with two attached hydrogens (primary N) is 1. The van der Waals surface area contributed by atoms with Crippen LogP contribution in [0.25, 0.3) is 11.3 Å². The molecule has 0 saturated carbocycles. The summed E-state index contributed by atoms with van der Waals surface area (Å²) in [5.74, 6) is -0.274. The second-order valence-electron chi connectivity index (χ2n) is 3.45. The van der Waals surface area contributed by atoms with Crippen LogP contribution in [-0.2, 0) is 13.6 Å². The zero-order valence-electron chi connectivity index (χ0n) is 8.74. The summed E-state index contributed by atoms with van der Waals surface area (Å²) in [5, 5.41) is 4.32. The zero-order chi connectivity index (χ0) is 11.7. The summed E-state index contributed by atoms with van der Waals surface area (Å²) in [5.41, 5.74) is 7.94. The Morgan fingerprint density at radius 3 is 2.81 bits per heavy atom. The van der Waals surface area contributed by atoms with Crippen molar-refractivity contribution in [1.29, 1.82) is 0 Å². The average molecular weight is 284 g/mol. The van der Waals surface area contributed by atoms with Gasteiger partial charge in [0.1, 0.15) is 11.5 Å². The zero-order valence-corrected chi connectivity index (χ0v) is 10.3. The highest BCUT2D eigenvalue weighted by atomic mass is 79.9. The molecule has 2 aromatic rings. The van der Waals surface area contributed by atoms with E-state index in [1.807, 2.05) is 13.1 Å². The molecule has 0 atom stereocenters. The van der Waals surface area contributed by atoms with Crippen molar-refractivity contribution in [3.8, 4) is 11.3 Å². The van der Waals surface area contributed by atoms with Gasteiger partial charge in [0.15, 0.2) is 0 Å². The van der Waals surface area contributed by atoms with Gasteiger partial charge in [-0.15, -0.1) is 0 Å². The Labute approximate surface area is 101 Å². The molecule has 3 nitrogen and oxygen atoms in total. The summed E-state index contributed by atoms with van der Waals surface area (Å²) >= 11 is 3.44. The topological polar surface area (TPSA) is 43.8 Å². The van der Waals surface area contributed by atoms with Crippen LogP contribution in [0.1, 0.15) is 5.69 Å². The van der Waals surface area contributed by atoms with Crippen molar-refractivity contribution in [2.24, 2.45) is 12.8 Å². The molecule has 0 amide bonds. The summed E-state index contributed by atoms with van der Waals surface area (Å²) < 4.78 is 15.6. The molecule has 2 N–H and O–H groups in total. The van der Waals surface area contributed by atoms with Crippen LogP contribution in [0.4, 0.5) is 4.39 Å². The lowest BCUT2D eigenvalue weighted by Gasteiger charge is -1.98. The van der Waals surface area contributed by atoms with Gasteiger partial charge in [-0.25, -0.2) is 4.39 Å². The Balaban J connectivity index is 2.56. The summed E-state index contributed by atoms with van der Waals surface area (Å²) in [6, 6.07) is 6.34. The van der Waals surface area contributed by atoms with E-state index in [4.69, 9.17) is 5.73 Å². The molecule has 0 unspecified atom stereocenters. The lowest BCUT2D eigenvalue weighted by atomic mass is 10.1. The Morgan fingerprint density at radius 1 is 1.50 bits per heavy atom. The van der Waals surface area contributed by atoms with E-state index in [1.165, 1.54) is 12.1 Å². The number of benzene rings is 1. The highest BCUT2D eigenvalue weighted by Crippen LogP contribution is 2.30. The smallest absolute Gasteiger partial charge is 0.123 e. The van der Waals surface area contributed by atoms with E-state index in [9.17, 15) is 4.39 Å². The third-order valence-electron chi connectivity index (χ3n) is 2.39. The number of halogens is 2. The standard InChI is InChI=1S/C11H11BrFN3/c1-16-9(6-14)10(12)11(15-16)7-3-2-4-8(13)5-7/h2-5H,6,14H2,1H3. The minimum absolute atomic E-state index is 0.274. The molecule has 0 saturated heterocycles. The van der Waals surface area contributed by atoms with Crippen molar-refractivity contribution in [2.75, 3.05) is 0 Å². The van der Waals surface area contributed by atoms with E-state index in [-0.39, 0.29) is 5.82 Å². The minimum Gasteiger partial charge on any atom is -0.325 e. The second kappa shape index (κ2) is 4.35. The molecule has 0 aliphatic rings. The molecule has 2 rings (SSSR count). The van der Waals surface area contributed by atoms with E-state index in [1.54, 1.807) is 10.7 Å². The maximum atomic E-state index is 13.1. The number of hydrogen-bond donors (Lipinski definition) is 1. The van der Waals surface area contributed by atoms with Gasteiger partial charge in [0.2, 0.25) is 0 Å². The van der Waals surface area contributed by atoms with Crippen LogP contribution < -0.4 is 5.73 Å². The van der Waals surface area contributed by atoms with Gasteiger partial charge in [0, 0.05) is 19.2 Å². The fourth-order valence-electron chi connectivity index (χ4n) is 1.57. The fraction of sp³-hybridized carbons (Fsp3) is 0.182. The van der Waals surface area contributed by atoms with Crippen LogP contribution in [0.3, 0.4) is 0 Å². The number of aromatic nitrogens is 2. The predicted octanol–water partition coefficient (Wildman–Crippen LogP) is 2.45. The Bertz CT molecular complexity index is 522. The first-order chi connectivity index (χ1) is 7.63. The third kappa shape index (κ3) is 1.88. The van der Waals surface area contributed by atoms with Gasteiger partial charge in [0.05, 0.1) is 10.2 Å². The van der Waals surface area contributed by atoms with Gasteiger partial charge in [-0.1, -0.05) is 12.1 Å². The van der Waals surface area contributed by atoms with E-state index < -0.39 is 0 Å². The van der Waals surface area contributed by atoms with Gasteiger partial charge in [-0.3, -0.25) is 4.68 Å². The van der Waals surface area contributed by atoms with Crippen LogP contribution in [0.15, 0.2) is 28.7 Å². The SMILES string of the molecule is Cn1nc(-c2cccc(F)c2)c(Br)c1CN. The van der Waals surface area contributed by atoms with Crippen molar-refractivity contribution in [2.45, 2.75) is 6.54 Å². The summed E-state index contributed by atoms with van der Waals surface area (Å²) in [6.07, 6.45) is 0. The van der Waals surface area contributed by atoms with Gasteiger partial charge in [0.25, 0.3) is 0 Å². The molecule has 84 valence electrons. The average Bonchev–Trinajstić information content (AvgIpc) is 2.54. The maximum absolute atomic E-state index is 13.1. The van der Waals surface area contributed by atoms with E-state index >= 15 is 0 Å². The van der Waals surface area contributed by atoms with Gasteiger partial charge >= 0.3 is 0 Å². The van der Waals surface area contributed by atoms with Crippen LogP contribution in [0.5, 0.6) is 0 Å². The largest absolute Gasteiger partial charge is 0.325 e. The van der Waals surface area contributed by atoms with Crippen molar-refractivity contribution in [1.82, 2.24) is 9.78 Å². The number of aryl methyl sites for hydroxylation is 1. The molecule has 1 heterocycles. The lowest BCUT2D eigenvalue weighted by Crippen LogP contribution is -2.04. The molecule has 1 aromatic heterocycles. The Morgan fingerprint density at radius 2 is 2.25 bits per heavy atom. The number of nitrogens with zero attached hydrogens (tertiary/aromatic N) is 2. The minimum atomic E-state index is -0.274. The number of rotatable bonds is 2. The lowest BCUT2D eigenvalue weighted by molar-refractivity contribution is 0.628. The monoisotopic (exact) mass is 283 g/mol. The quantitative estimate of drug-likeness (QED) is 0.920. The molecule has 0 radical (unpaired) electrons. The van der Waals surface area contributed by atoms with E-state index in [0.717, 1.165) is 15.7 Å². The van der Waals surface area contributed by atoms with Crippen LogP contribution in [0.2, 0.25) is 0 Å². The van der Waals surface area contributed by atoms with Gasteiger partial charge in [-0.05, 0) is 28.1 Å². The highest BCUT2D eigenvalue weighted by molar-refractivity contribution is 9.10. The first-order valence-corrected chi connectivity index (χ1v) is 5.60. The molecular formula is C11H11BrFN3. The van der Waals surface area contributed by atoms with Crippen LogP contribution in [-0.4, -0.2) is 9.78 Å². The molecule has 0 bridgehead atoms. The van der Waals surface area contributed by atoms with E-state index in [2.05, 4.69) is 21.0 Å². The fourth-order valence-corrected chi connectivity index (χ4v) is 2.30. The molecule has 16 heavy (non-hydrogen) atoms. The molecule has 0 spiro atoms. The molecule has 0 aliphatic carbocycles. The van der Waals surface area contributed by atoms with Gasteiger partial charge in [-0.2, -0.15) is 5.10 Å². The normalized spacial score (nSPS) is 10.8. The van der Waals surface area contributed by atoms with Crippen LogP contribution >= 0.6 is 15.9 Å². The molecule has 0 aliphatic heterocycles. The Kier molecular flexibility index (Phi) is 3.07. The number of hydrogen-bond acceptors (Lipinski definition) is 2. The van der Waals surface area contributed by atoms with E-state index in [0.29, 0.717) is 12.2 Å². The highest BCUT2D eigenvalue weighted by Gasteiger charge is 2.14. The summed E-state index contributed by atoms with van der Waals surface area (Å²) in [7, 11) is 1.82. The molecule has 1 aromatic carbocycles. The van der Waals surface area contributed by atoms with Crippen molar-refractivity contribution >= 4 is 15.9 Å².